The van der Waals surface area contributed by atoms with Gasteiger partial charge in [0.15, 0.2) is 17.3 Å². The van der Waals surface area contributed by atoms with Crippen molar-refractivity contribution >= 4 is 27.3 Å². The first-order valence-electron chi connectivity index (χ1n) is 12.7. The van der Waals surface area contributed by atoms with E-state index in [9.17, 15) is 18.0 Å². The SMILES string of the molecule is CCOc1cc([C@@H](CS(C)(=O)=O)N2C(=O)c3ccc(N4CCC5(CC4)OCCO5)cc3C2=O)ccc1OC. The molecule has 2 aromatic carbocycles. The van der Waals surface area contributed by atoms with Crippen LogP contribution in [0.2, 0.25) is 0 Å². The highest BCUT2D eigenvalue weighted by molar-refractivity contribution is 7.90. The normalized spacial score (nSPS) is 19.7. The van der Waals surface area contributed by atoms with Gasteiger partial charge >= 0.3 is 0 Å². The van der Waals surface area contributed by atoms with E-state index in [1.54, 1.807) is 30.3 Å². The van der Waals surface area contributed by atoms with Gasteiger partial charge in [0.05, 0.1) is 49.9 Å². The molecule has 3 heterocycles. The average Bonchev–Trinajstić information content (AvgIpc) is 3.44. The number of piperidine rings is 1. The van der Waals surface area contributed by atoms with Crippen LogP contribution in [0.5, 0.6) is 11.5 Å². The van der Waals surface area contributed by atoms with Crippen LogP contribution in [0.4, 0.5) is 5.69 Å². The van der Waals surface area contributed by atoms with E-state index in [1.165, 1.54) is 7.11 Å². The molecular formula is C27H32N2O8S. The largest absolute Gasteiger partial charge is 0.493 e. The third kappa shape index (κ3) is 4.97. The summed E-state index contributed by atoms with van der Waals surface area (Å²) in [4.78, 5) is 30.4. The Morgan fingerprint density at radius 1 is 0.974 bits per heavy atom. The van der Waals surface area contributed by atoms with Gasteiger partial charge in [-0.1, -0.05) is 6.07 Å². The number of hydrogen-bond donors (Lipinski definition) is 0. The van der Waals surface area contributed by atoms with Crippen LogP contribution >= 0.6 is 0 Å². The summed E-state index contributed by atoms with van der Waals surface area (Å²) in [5.74, 6) is -1.11. The molecule has 0 aromatic heterocycles. The molecule has 2 saturated heterocycles. The molecule has 38 heavy (non-hydrogen) atoms. The zero-order chi connectivity index (χ0) is 27.1. The molecule has 0 bridgehead atoms. The van der Waals surface area contributed by atoms with E-state index in [0.717, 1.165) is 16.8 Å². The van der Waals surface area contributed by atoms with Crippen molar-refractivity contribution in [2.45, 2.75) is 31.6 Å². The van der Waals surface area contributed by atoms with Gasteiger partial charge < -0.3 is 23.8 Å². The van der Waals surface area contributed by atoms with Crippen molar-refractivity contribution in [2.75, 3.05) is 56.9 Å². The molecule has 0 N–H and O–H groups in total. The quantitative estimate of drug-likeness (QED) is 0.463. The number of carbonyl (C=O) groups is 2. The van der Waals surface area contributed by atoms with Crippen molar-refractivity contribution in [2.24, 2.45) is 0 Å². The average molecular weight is 545 g/mol. The Bertz CT molecular complexity index is 1340. The van der Waals surface area contributed by atoms with Crippen LogP contribution in [0.1, 0.15) is 52.1 Å². The molecule has 0 aliphatic carbocycles. The number of fused-ring (bicyclic) bond motifs is 1. The highest BCUT2D eigenvalue weighted by atomic mass is 32.2. The van der Waals surface area contributed by atoms with E-state index in [4.69, 9.17) is 18.9 Å². The summed E-state index contributed by atoms with van der Waals surface area (Å²) in [7, 11) is -2.07. The zero-order valence-corrected chi connectivity index (χ0v) is 22.6. The maximum absolute atomic E-state index is 13.7. The lowest BCUT2D eigenvalue weighted by atomic mass is 10.0. The maximum Gasteiger partial charge on any atom is 0.262 e. The molecule has 1 spiro atoms. The van der Waals surface area contributed by atoms with Gasteiger partial charge in [0.25, 0.3) is 11.8 Å². The highest BCUT2D eigenvalue weighted by Crippen LogP contribution is 2.39. The topological polar surface area (TPSA) is 112 Å². The predicted octanol–water partition coefficient (Wildman–Crippen LogP) is 2.82. The number of sulfone groups is 1. The van der Waals surface area contributed by atoms with Crippen LogP contribution in [0.15, 0.2) is 36.4 Å². The summed E-state index contributed by atoms with van der Waals surface area (Å²) in [5, 5.41) is 0. The van der Waals surface area contributed by atoms with Gasteiger partial charge in [0, 0.05) is 37.9 Å². The van der Waals surface area contributed by atoms with E-state index >= 15 is 0 Å². The van der Waals surface area contributed by atoms with Gasteiger partial charge in [-0.2, -0.15) is 0 Å². The lowest BCUT2D eigenvalue weighted by molar-refractivity contribution is -0.169. The molecule has 204 valence electrons. The minimum absolute atomic E-state index is 0.256. The minimum Gasteiger partial charge on any atom is -0.493 e. The molecule has 2 fully saturated rings. The summed E-state index contributed by atoms with van der Waals surface area (Å²) in [6, 6.07) is 9.10. The molecular weight excluding hydrogens is 512 g/mol. The molecule has 11 heteroatoms. The van der Waals surface area contributed by atoms with Gasteiger partial charge in [-0.25, -0.2) is 8.42 Å². The molecule has 0 unspecified atom stereocenters. The Morgan fingerprint density at radius 2 is 1.66 bits per heavy atom. The van der Waals surface area contributed by atoms with Crippen molar-refractivity contribution in [3.05, 3.63) is 53.1 Å². The molecule has 2 aromatic rings. The molecule has 3 aliphatic heterocycles. The summed E-state index contributed by atoms with van der Waals surface area (Å²) in [6.45, 7) is 4.75. The fourth-order valence-electron chi connectivity index (χ4n) is 5.39. The van der Waals surface area contributed by atoms with Crippen LogP contribution in [-0.2, 0) is 19.3 Å². The second-order valence-electron chi connectivity index (χ2n) is 9.76. The first-order chi connectivity index (χ1) is 18.1. The minimum atomic E-state index is -3.57. The lowest BCUT2D eigenvalue weighted by Crippen LogP contribution is -2.45. The number of benzene rings is 2. The molecule has 1 atom stereocenters. The van der Waals surface area contributed by atoms with E-state index in [-0.39, 0.29) is 11.1 Å². The number of imide groups is 1. The lowest BCUT2D eigenvalue weighted by Gasteiger charge is -2.38. The number of amides is 2. The van der Waals surface area contributed by atoms with Crippen molar-refractivity contribution in [1.82, 2.24) is 4.90 Å². The summed E-state index contributed by atoms with van der Waals surface area (Å²) in [5.41, 5.74) is 1.81. The van der Waals surface area contributed by atoms with E-state index in [2.05, 4.69) is 4.90 Å². The molecule has 3 aliphatic rings. The Kier molecular flexibility index (Phi) is 7.10. The monoisotopic (exact) mass is 544 g/mol. The number of nitrogens with zero attached hydrogens (tertiary/aromatic N) is 2. The second kappa shape index (κ2) is 10.2. The van der Waals surface area contributed by atoms with Crippen LogP contribution in [0, 0.1) is 0 Å². The Morgan fingerprint density at radius 3 is 2.29 bits per heavy atom. The van der Waals surface area contributed by atoms with Crippen LogP contribution in [-0.4, -0.2) is 82.9 Å². The number of carbonyl (C=O) groups excluding carboxylic acids is 2. The first kappa shape index (κ1) is 26.5. The van der Waals surface area contributed by atoms with Crippen molar-refractivity contribution in [3.63, 3.8) is 0 Å². The third-order valence-electron chi connectivity index (χ3n) is 7.25. The smallest absolute Gasteiger partial charge is 0.262 e. The molecule has 5 rings (SSSR count). The van der Waals surface area contributed by atoms with Gasteiger partial charge in [-0.05, 0) is 42.8 Å². The fraction of sp³-hybridized carbons (Fsp3) is 0.481. The Labute approximate surface area is 222 Å². The van der Waals surface area contributed by atoms with Crippen molar-refractivity contribution in [3.8, 4) is 11.5 Å². The first-order valence-corrected chi connectivity index (χ1v) is 14.7. The standard InChI is InChI=1S/C27H32N2O8S/c1-4-35-24-15-18(5-8-23(24)34-2)22(17-38(3,32)33)29-25(30)20-7-6-19(16-21(20)26(29)31)28-11-9-27(10-12-28)36-13-14-37-27/h5-8,15-16,22H,4,9-14,17H2,1-3H3/t22-/m1/s1. The fourth-order valence-corrected chi connectivity index (χ4v) is 6.31. The summed E-state index contributed by atoms with van der Waals surface area (Å²) >= 11 is 0. The van der Waals surface area contributed by atoms with E-state index in [1.807, 2.05) is 13.0 Å². The van der Waals surface area contributed by atoms with Gasteiger partial charge in [0.1, 0.15) is 9.84 Å². The number of methoxy groups -OCH3 is 1. The van der Waals surface area contributed by atoms with Crippen LogP contribution in [0.25, 0.3) is 0 Å². The second-order valence-corrected chi connectivity index (χ2v) is 11.9. The molecule has 10 nitrogen and oxygen atoms in total. The van der Waals surface area contributed by atoms with Gasteiger partial charge in [-0.3, -0.25) is 14.5 Å². The summed E-state index contributed by atoms with van der Waals surface area (Å²) in [6.07, 6.45) is 2.50. The number of anilines is 1. The van der Waals surface area contributed by atoms with Crippen LogP contribution < -0.4 is 14.4 Å². The van der Waals surface area contributed by atoms with Crippen molar-refractivity contribution in [1.29, 1.82) is 0 Å². The van der Waals surface area contributed by atoms with Gasteiger partial charge in [0.2, 0.25) is 0 Å². The zero-order valence-electron chi connectivity index (χ0n) is 21.8. The maximum atomic E-state index is 13.7. The van der Waals surface area contributed by atoms with E-state index < -0.39 is 39.2 Å². The highest BCUT2D eigenvalue weighted by Gasteiger charge is 2.43. The van der Waals surface area contributed by atoms with Gasteiger partial charge in [-0.15, -0.1) is 0 Å². The third-order valence-corrected chi connectivity index (χ3v) is 8.17. The number of ether oxygens (including phenoxy) is 4. The van der Waals surface area contributed by atoms with E-state index in [0.29, 0.717) is 62.8 Å². The van der Waals surface area contributed by atoms with Crippen molar-refractivity contribution < 1.29 is 37.0 Å². The Hall–Kier alpha value is -3.15. The predicted molar refractivity (Wildman–Crippen MR) is 140 cm³/mol. The number of hydrogen-bond acceptors (Lipinski definition) is 9. The number of rotatable bonds is 8. The molecule has 2 amide bonds. The van der Waals surface area contributed by atoms with Crippen LogP contribution in [0.3, 0.4) is 0 Å². The Balaban J connectivity index is 1.45. The molecule has 0 radical (unpaired) electrons. The summed E-state index contributed by atoms with van der Waals surface area (Å²) < 4.78 is 47.5. The molecule has 0 saturated carbocycles.